The summed E-state index contributed by atoms with van der Waals surface area (Å²) in [6.07, 6.45) is 2.62. The van der Waals surface area contributed by atoms with Crippen molar-refractivity contribution in [2.75, 3.05) is 19.8 Å². The first-order chi connectivity index (χ1) is 11.7. The van der Waals surface area contributed by atoms with Gasteiger partial charge in [-0.1, -0.05) is 13.0 Å². The van der Waals surface area contributed by atoms with Gasteiger partial charge in [0.1, 0.15) is 17.6 Å². The molecule has 0 aromatic carbocycles. The molecule has 1 atom stereocenters. The number of furan rings is 1. The van der Waals surface area contributed by atoms with Crippen LogP contribution in [0.25, 0.3) is 0 Å². The van der Waals surface area contributed by atoms with Gasteiger partial charge in [-0.05, 0) is 30.7 Å². The number of morpholine rings is 1. The monoisotopic (exact) mass is 329 g/mol. The fourth-order valence-electron chi connectivity index (χ4n) is 2.73. The lowest BCUT2D eigenvalue weighted by atomic mass is 10.2. The molecule has 0 radical (unpaired) electrons. The van der Waals surface area contributed by atoms with Gasteiger partial charge in [-0.2, -0.15) is 0 Å². The van der Waals surface area contributed by atoms with Gasteiger partial charge in [0.05, 0.1) is 13.2 Å². The van der Waals surface area contributed by atoms with Crippen LogP contribution in [0, 0.1) is 6.92 Å². The Morgan fingerprint density at radius 1 is 1.38 bits per heavy atom. The highest BCUT2D eigenvalue weighted by Gasteiger charge is 2.30. The molecule has 1 N–H and O–H groups in total. The average molecular weight is 329 g/mol. The topological polar surface area (TPSA) is 67.6 Å². The van der Waals surface area contributed by atoms with Crippen molar-refractivity contribution in [2.24, 2.45) is 0 Å². The van der Waals surface area contributed by atoms with E-state index in [-0.39, 0.29) is 12.1 Å². The van der Waals surface area contributed by atoms with Crippen molar-refractivity contribution in [3.8, 4) is 0 Å². The first-order valence-corrected chi connectivity index (χ1v) is 8.29. The molecule has 1 saturated heterocycles. The van der Waals surface area contributed by atoms with Crippen LogP contribution >= 0.6 is 0 Å². The maximum atomic E-state index is 12.6. The largest absolute Gasteiger partial charge is 0.464 e. The maximum Gasteiger partial charge on any atom is 0.318 e. The number of aryl methyl sites for hydroxylation is 2. The number of nitrogens with zero attached hydrogens (tertiary/aromatic N) is 2. The van der Waals surface area contributed by atoms with Crippen molar-refractivity contribution in [2.45, 2.75) is 32.9 Å². The minimum absolute atomic E-state index is 0.113. The summed E-state index contributed by atoms with van der Waals surface area (Å²) in [5, 5.41) is 2.96. The van der Waals surface area contributed by atoms with Crippen molar-refractivity contribution in [1.29, 1.82) is 0 Å². The van der Waals surface area contributed by atoms with Gasteiger partial charge < -0.3 is 19.4 Å². The summed E-state index contributed by atoms with van der Waals surface area (Å²) in [5.41, 5.74) is 1.94. The fraction of sp³-hybridized carbons (Fsp3) is 0.444. The highest BCUT2D eigenvalue weighted by molar-refractivity contribution is 5.74. The molecule has 1 unspecified atom stereocenters. The molecule has 1 fully saturated rings. The second kappa shape index (κ2) is 7.49. The number of hydrogen-bond donors (Lipinski definition) is 1. The third-order valence-electron chi connectivity index (χ3n) is 4.17. The molecule has 0 aliphatic carbocycles. The van der Waals surface area contributed by atoms with Crippen LogP contribution in [0.5, 0.6) is 0 Å². The zero-order chi connectivity index (χ0) is 16.9. The quantitative estimate of drug-likeness (QED) is 0.936. The van der Waals surface area contributed by atoms with Gasteiger partial charge in [0.15, 0.2) is 0 Å². The number of pyridine rings is 1. The molecular weight excluding hydrogens is 306 g/mol. The fourth-order valence-corrected chi connectivity index (χ4v) is 2.73. The standard InChI is InChI=1S/C18H23N3O3/c1-3-15-6-7-17(24-15)16-12-23-9-8-21(16)18(22)20-11-14-5-4-13(2)19-10-14/h4-7,10,16H,3,8-9,11-12H2,1-2H3,(H,20,22). The first kappa shape index (κ1) is 16.5. The Balaban J connectivity index is 1.65. The molecule has 128 valence electrons. The first-order valence-electron chi connectivity index (χ1n) is 8.29. The predicted octanol–water partition coefficient (Wildman–Crippen LogP) is 2.83. The summed E-state index contributed by atoms with van der Waals surface area (Å²) >= 11 is 0. The van der Waals surface area contributed by atoms with Crippen molar-refractivity contribution in [3.63, 3.8) is 0 Å². The highest BCUT2D eigenvalue weighted by Crippen LogP contribution is 2.26. The number of rotatable bonds is 4. The Kier molecular flexibility index (Phi) is 5.15. The minimum atomic E-state index is -0.185. The molecule has 1 aliphatic heterocycles. The molecule has 2 aromatic heterocycles. The summed E-state index contributed by atoms with van der Waals surface area (Å²) in [6, 6.07) is 7.50. The van der Waals surface area contributed by atoms with Crippen LogP contribution in [-0.2, 0) is 17.7 Å². The molecule has 0 spiro atoms. The van der Waals surface area contributed by atoms with E-state index in [0.29, 0.717) is 26.3 Å². The Bertz CT molecular complexity index is 681. The smallest absolute Gasteiger partial charge is 0.318 e. The minimum Gasteiger partial charge on any atom is -0.464 e. The van der Waals surface area contributed by atoms with Crippen LogP contribution in [0.15, 0.2) is 34.9 Å². The van der Waals surface area contributed by atoms with Gasteiger partial charge in [0.2, 0.25) is 0 Å². The van der Waals surface area contributed by atoms with Gasteiger partial charge in [0.25, 0.3) is 0 Å². The van der Waals surface area contributed by atoms with E-state index in [2.05, 4.69) is 10.3 Å². The van der Waals surface area contributed by atoms with Crippen molar-refractivity contribution < 1.29 is 13.9 Å². The summed E-state index contributed by atoms with van der Waals surface area (Å²) in [6.45, 7) is 5.97. The van der Waals surface area contributed by atoms with E-state index in [0.717, 1.165) is 29.2 Å². The normalized spacial score (nSPS) is 17.8. The summed E-state index contributed by atoms with van der Waals surface area (Å²) in [7, 11) is 0. The molecular formula is C18H23N3O3. The van der Waals surface area contributed by atoms with Crippen LogP contribution < -0.4 is 5.32 Å². The molecule has 6 nitrogen and oxygen atoms in total. The number of urea groups is 1. The SMILES string of the molecule is CCc1ccc(C2COCCN2C(=O)NCc2ccc(C)nc2)o1. The van der Waals surface area contributed by atoms with Crippen molar-refractivity contribution >= 4 is 6.03 Å². The molecule has 0 bridgehead atoms. The molecule has 6 heteroatoms. The van der Waals surface area contributed by atoms with Crippen LogP contribution in [0.3, 0.4) is 0 Å². The summed E-state index contributed by atoms with van der Waals surface area (Å²) in [5.74, 6) is 1.69. The number of carbonyl (C=O) groups is 1. The molecule has 0 saturated carbocycles. The van der Waals surface area contributed by atoms with Gasteiger partial charge in [0, 0.05) is 31.4 Å². The number of ether oxygens (including phenoxy) is 1. The molecule has 2 aromatic rings. The van der Waals surface area contributed by atoms with E-state index in [4.69, 9.17) is 9.15 Å². The molecule has 2 amide bonds. The number of nitrogens with one attached hydrogen (secondary N) is 1. The van der Waals surface area contributed by atoms with Crippen molar-refractivity contribution in [3.05, 3.63) is 53.2 Å². The summed E-state index contributed by atoms with van der Waals surface area (Å²) < 4.78 is 11.4. The maximum absolute atomic E-state index is 12.6. The van der Waals surface area contributed by atoms with E-state index in [1.54, 1.807) is 11.1 Å². The van der Waals surface area contributed by atoms with Crippen LogP contribution in [0.1, 0.15) is 35.7 Å². The van der Waals surface area contributed by atoms with Gasteiger partial charge in [-0.15, -0.1) is 0 Å². The second-order valence-electron chi connectivity index (χ2n) is 5.91. The number of hydrogen-bond acceptors (Lipinski definition) is 4. The highest BCUT2D eigenvalue weighted by atomic mass is 16.5. The zero-order valence-corrected chi connectivity index (χ0v) is 14.1. The average Bonchev–Trinajstić information content (AvgIpc) is 3.10. The van der Waals surface area contributed by atoms with Crippen molar-refractivity contribution in [1.82, 2.24) is 15.2 Å². The Morgan fingerprint density at radius 3 is 2.96 bits per heavy atom. The third-order valence-corrected chi connectivity index (χ3v) is 4.17. The lowest BCUT2D eigenvalue weighted by Gasteiger charge is -2.34. The van der Waals surface area contributed by atoms with Gasteiger partial charge in [-0.3, -0.25) is 4.98 Å². The van der Waals surface area contributed by atoms with Gasteiger partial charge >= 0.3 is 6.03 Å². The van der Waals surface area contributed by atoms with Crippen LogP contribution in [0.4, 0.5) is 4.79 Å². The van der Waals surface area contributed by atoms with E-state index >= 15 is 0 Å². The number of aromatic nitrogens is 1. The Morgan fingerprint density at radius 2 is 2.25 bits per heavy atom. The zero-order valence-electron chi connectivity index (χ0n) is 14.1. The molecule has 24 heavy (non-hydrogen) atoms. The lowest BCUT2D eigenvalue weighted by Crippen LogP contribution is -2.47. The van der Waals surface area contributed by atoms with E-state index in [1.807, 2.05) is 38.1 Å². The third kappa shape index (κ3) is 3.76. The van der Waals surface area contributed by atoms with E-state index in [9.17, 15) is 4.79 Å². The Hall–Kier alpha value is -2.34. The number of carbonyl (C=O) groups excluding carboxylic acids is 1. The predicted molar refractivity (Wildman–Crippen MR) is 89.6 cm³/mol. The second-order valence-corrected chi connectivity index (χ2v) is 5.91. The molecule has 3 heterocycles. The summed E-state index contributed by atoms with van der Waals surface area (Å²) in [4.78, 5) is 18.6. The molecule has 1 aliphatic rings. The molecule has 3 rings (SSSR count). The van der Waals surface area contributed by atoms with E-state index in [1.165, 1.54) is 0 Å². The van der Waals surface area contributed by atoms with E-state index < -0.39 is 0 Å². The number of amides is 2. The van der Waals surface area contributed by atoms with Gasteiger partial charge in [-0.25, -0.2) is 4.79 Å². The Labute approximate surface area is 141 Å². The van der Waals surface area contributed by atoms with Crippen LogP contribution in [0.2, 0.25) is 0 Å². The lowest BCUT2D eigenvalue weighted by molar-refractivity contribution is 0.00392. The van der Waals surface area contributed by atoms with Crippen LogP contribution in [-0.4, -0.2) is 35.7 Å².